The van der Waals surface area contributed by atoms with Gasteiger partial charge < -0.3 is 4.90 Å². The van der Waals surface area contributed by atoms with Gasteiger partial charge in [-0.15, -0.1) is 0 Å². The summed E-state index contributed by atoms with van der Waals surface area (Å²) in [6.45, 7) is 3.25. The number of carbonyl (C=O) groups excluding carboxylic acids is 1. The molecule has 5 heteroatoms. The predicted octanol–water partition coefficient (Wildman–Crippen LogP) is 3.73. The van der Waals surface area contributed by atoms with Crippen LogP contribution in [0.3, 0.4) is 0 Å². The second-order valence-corrected chi connectivity index (χ2v) is 6.08. The number of likely N-dealkylation sites (N-methyl/N-ethyl adjacent to an activating group) is 1. The molecule has 1 aliphatic rings. The molecule has 104 valence electrons. The van der Waals surface area contributed by atoms with Crippen LogP contribution in [0, 0.1) is 0 Å². The maximum absolute atomic E-state index is 12.1. The molecule has 0 saturated carbocycles. The minimum absolute atomic E-state index is 0.0299. The lowest BCUT2D eigenvalue weighted by Crippen LogP contribution is -2.29. The molecule has 0 saturated heterocycles. The fourth-order valence-electron chi connectivity index (χ4n) is 2.80. The Morgan fingerprint density at radius 2 is 2.10 bits per heavy atom. The lowest BCUT2D eigenvalue weighted by molar-refractivity contribution is 0.101. The lowest BCUT2D eigenvalue weighted by Gasteiger charge is -2.26. The van der Waals surface area contributed by atoms with Crippen molar-refractivity contribution in [3.8, 4) is 0 Å². The maximum Gasteiger partial charge on any atom is 0.160 e. The highest BCUT2D eigenvalue weighted by atomic mass is 35.5. The molecular weight excluding hydrogens is 295 g/mol. The van der Waals surface area contributed by atoms with Crippen LogP contribution < -0.4 is 0 Å². The molecule has 0 aliphatic carbocycles. The van der Waals surface area contributed by atoms with Crippen molar-refractivity contribution < 1.29 is 4.79 Å². The van der Waals surface area contributed by atoms with Crippen molar-refractivity contribution in [2.75, 3.05) is 13.6 Å². The van der Waals surface area contributed by atoms with E-state index in [4.69, 9.17) is 23.2 Å². The summed E-state index contributed by atoms with van der Waals surface area (Å²) in [4.78, 5) is 19.0. The third kappa shape index (κ3) is 2.20. The third-order valence-corrected chi connectivity index (χ3v) is 4.21. The quantitative estimate of drug-likeness (QED) is 0.753. The summed E-state index contributed by atoms with van der Waals surface area (Å²) in [7, 11) is 2.04. The van der Waals surface area contributed by atoms with Gasteiger partial charge in [0.05, 0.1) is 10.5 Å². The smallest absolute Gasteiger partial charge is 0.160 e. The zero-order valence-electron chi connectivity index (χ0n) is 11.3. The highest BCUT2D eigenvalue weighted by Crippen LogP contribution is 2.33. The first-order valence-corrected chi connectivity index (χ1v) is 7.23. The number of rotatable bonds is 1. The monoisotopic (exact) mass is 308 g/mol. The Kier molecular flexibility index (Phi) is 3.44. The molecule has 0 amide bonds. The molecule has 1 aromatic heterocycles. The number of benzene rings is 1. The number of nitrogens with zero attached hydrogens (tertiary/aromatic N) is 2. The summed E-state index contributed by atoms with van der Waals surface area (Å²) in [5, 5.41) is 1.77. The molecule has 3 rings (SSSR count). The van der Waals surface area contributed by atoms with Crippen molar-refractivity contribution in [1.82, 2.24) is 9.88 Å². The van der Waals surface area contributed by atoms with Gasteiger partial charge in [-0.1, -0.05) is 23.2 Å². The van der Waals surface area contributed by atoms with E-state index < -0.39 is 0 Å². The molecule has 0 N–H and O–H groups in total. The van der Waals surface area contributed by atoms with E-state index in [9.17, 15) is 4.79 Å². The lowest BCUT2D eigenvalue weighted by atomic mass is 9.94. The molecule has 3 nitrogen and oxygen atoms in total. The zero-order valence-corrected chi connectivity index (χ0v) is 12.8. The van der Waals surface area contributed by atoms with Crippen molar-refractivity contribution in [3.63, 3.8) is 0 Å². The molecular formula is C15H14Cl2N2O. The first-order valence-electron chi connectivity index (χ1n) is 6.47. The Hall–Kier alpha value is -1.16. The van der Waals surface area contributed by atoms with E-state index in [1.807, 2.05) is 7.05 Å². The number of hydrogen-bond acceptors (Lipinski definition) is 3. The second kappa shape index (κ2) is 4.99. The number of fused-ring (bicyclic) bond motifs is 2. The van der Waals surface area contributed by atoms with Crippen molar-refractivity contribution >= 4 is 39.9 Å². The van der Waals surface area contributed by atoms with Gasteiger partial charge in [-0.25, -0.2) is 0 Å². The van der Waals surface area contributed by atoms with Gasteiger partial charge in [0.2, 0.25) is 0 Å². The number of pyridine rings is 1. The highest BCUT2D eigenvalue weighted by molar-refractivity contribution is 6.38. The van der Waals surface area contributed by atoms with Crippen molar-refractivity contribution in [1.29, 1.82) is 0 Å². The van der Waals surface area contributed by atoms with Crippen molar-refractivity contribution in [2.45, 2.75) is 19.9 Å². The molecule has 1 aliphatic heterocycles. The topological polar surface area (TPSA) is 33.2 Å². The van der Waals surface area contributed by atoms with E-state index in [-0.39, 0.29) is 5.78 Å². The Morgan fingerprint density at radius 3 is 2.80 bits per heavy atom. The Labute approximate surface area is 127 Å². The van der Waals surface area contributed by atoms with Gasteiger partial charge in [0, 0.05) is 41.2 Å². The average molecular weight is 309 g/mol. The molecule has 0 fully saturated rings. The van der Waals surface area contributed by atoms with Crippen LogP contribution in [0.4, 0.5) is 0 Å². The molecule has 0 spiro atoms. The summed E-state index contributed by atoms with van der Waals surface area (Å²) in [5.74, 6) is 0.0299. The van der Waals surface area contributed by atoms with E-state index in [0.717, 1.165) is 36.2 Å². The van der Waals surface area contributed by atoms with Crippen LogP contribution in [-0.4, -0.2) is 29.3 Å². The van der Waals surface area contributed by atoms with Gasteiger partial charge in [0.1, 0.15) is 0 Å². The third-order valence-electron chi connectivity index (χ3n) is 3.70. The van der Waals surface area contributed by atoms with E-state index in [2.05, 4.69) is 9.88 Å². The molecule has 0 bridgehead atoms. The molecule has 20 heavy (non-hydrogen) atoms. The normalized spacial score (nSPS) is 15.4. The maximum atomic E-state index is 12.1. The molecule has 0 atom stereocenters. The average Bonchev–Trinajstić information content (AvgIpc) is 2.36. The second-order valence-electron chi connectivity index (χ2n) is 5.24. The number of hydrogen-bond donors (Lipinski definition) is 0. The van der Waals surface area contributed by atoms with E-state index in [1.54, 1.807) is 19.1 Å². The van der Waals surface area contributed by atoms with E-state index in [0.29, 0.717) is 21.1 Å². The van der Waals surface area contributed by atoms with Crippen LogP contribution in [0.2, 0.25) is 10.0 Å². The minimum atomic E-state index is 0.0299. The molecule has 1 aromatic carbocycles. The summed E-state index contributed by atoms with van der Waals surface area (Å²) in [6, 6.07) is 3.45. The minimum Gasteiger partial charge on any atom is -0.302 e. The molecule has 2 aromatic rings. The summed E-state index contributed by atoms with van der Waals surface area (Å²) in [6.07, 6.45) is 0.834. The standard InChI is InChI=1S/C15H14Cl2N2O/c1-8(20)14-10-5-9(16)6-12(17)15(10)18-13-3-4-19(2)7-11(13)14/h5-6H,3-4,7H2,1-2H3. The van der Waals surface area contributed by atoms with Crippen LogP contribution in [0.15, 0.2) is 12.1 Å². The van der Waals surface area contributed by atoms with Crippen LogP contribution in [0.5, 0.6) is 0 Å². The Bertz CT molecular complexity index is 728. The molecule has 2 heterocycles. The highest BCUT2D eigenvalue weighted by Gasteiger charge is 2.23. The largest absolute Gasteiger partial charge is 0.302 e. The Morgan fingerprint density at radius 1 is 1.35 bits per heavy atom. The number of aromatic nitrogens is 1. The SMILES string of the molecule is CC(=O)c1c2c(nc3c(Cl)cc(Cl)cc13)CCN(C)C2. The van der Waals surface area contributed by atoms with Crippen molar-refractivity contribution in [3.05, 3.63) is 39.0 Å². The number of carbonyl (C=O) groups is 1. The number of ketones is 1. The van der Waals surface area contributed by atoms with Gasteiger partial charge in [-0.3, -0.25) is 9.78 Å². The predicted molar refractivity (Wildman–Crippen MR) is 81.8 cm³/mol. The van der Waals surface area contributed by atoms with Crippen LogP contribution in [0.1, 0.15) is 28.5 Å². The summed E-state index contributed by atoms with van der Waals surface area (Å²) in [5.41, 5.74) is 3.37. The summed E-state index contributed by atoms with van der Waals surface area (Å²) < 4.78 is 0. The number of halogens is 2. The zero-order chi connectivity index (χ0) is 14.4. The van der Waals surface area contributed by atoms with Crippen molar-refractivity contribution in [2.24, 2.45) is 0 Å². The van der Waals surface area contributed by atoms with Gasteiger partial charge in [-0.05, 0) is 31.7 Å². The van der Waals surface area contributed by atoms with Gasteiger partial charge >= 0.3 is 0 Å². The molecule has 0 unspecified atom stereocenters. The first kappa shape index (κ1) is 13.8. The van der Waals surface area contributed by atoms with Crippen LogP contribution >= 0.6 is 23.2 Å². The fourth-order valence-corrected chi connectivity index (χ4v) is 3.34. The first-order chi connectivity index (χ1) is 9.47. The fraction of sp³-hybridized carbons (Fsp3) is 0.333. The van der Waals surface area contributed by atoms with Gasteiger partial charge in [0.15, 0.2) is 5.78 Å². The number of Topliss-reactive ketones (excluding diaryl/α,β-unsaturated/α-hetero) is 1. The van der Waals surface area contributed by atoms with Crippen LogP contribution in [-0.2, 0) is 13.0 Å². The van der Waals surface area contributed by atoms with Gasteiger partial charge in [-0.2, -0.15) is 0 Å². The summed E-state index contributed by atoms with van der Waals surface area (Å²) >= 11 is 12.3. The van der Waals surface area contributed by atoms with Crippen LogP contribution in [0.25, 0.3) is 10.9 Å². The van der Waals surface area contributed by atoms with E-state index in [1.165, 1.54) is 0 Å². The molecule has 0 radical (unpaired) electrons. The van der Waals surface area contributed by atoms with Gasteiger partial charge in [0.25, 0.3) is 0 Å². The van der Waals surface area contributed by atoms with E-state index >= 15 is 0 Å². The Balaban J connectivity index is 2.42.